The Kier molecular flexibility index (Phi) is 5.19. The monoisotopic (exact) mass is 401 g/mol. The number of hydrogen-bond donors (Lipinski definition) is 2. The summed E-state index contributed by atoms with van der Waals surface area (Å²) in [5.41, 5.74) is 3.73. The number of carbonyl (C=O) groups is 2. The first-order valence-electron chi connectivity index (χ1n) is 8.44. The van der Waals surface area contributed by atoms with Crippen LogP contribution in [-0.4, -0.2) is 25.4 Å². The molecule has 3 rings (SSSR count). The van der Waals surface area contributed by atoms with Gasteiger partial charge in [0.15, 0.2) is 5.58 Å². The molecule has 0 spiro atoms. The van der Waals surface area contributed by atoms with Crippen LogP contribution in [0.2, 0.25) is 0 Å². The van der Waals surface area contributed by atoms with Crippen molar-refractivity contribution >= 4 is 38.5 Å². The summed E-state index contributed by atoms with van der Waals surface area (Å²) in [6.07, 6.45) is 0.0153. The molecule has 3 aromatic rings. The molecule has 0 fully saturated rings. The molecule has 2 aromatic carbocycles. The number of aromatic nitrogens is 1. The van der Waals surface area contributed by atoms with Crippen molar-refractivity contribution in [3.63, 3.8) is 0 Å². The Hall–Kier alpha value is -3.20. The van der Waals surface area contributed by atoms with Gasteiger partial charge in [-0.05, 0) is 61.4 Å². The predicted molar refractivity (Wildman–Crippen MR) is 103 cm³/mol. The zero-order valence-corrected chi connectivity index (χ0v) is 16.4. The quantitative estimate of drug-likeness (QED) is 0.678. The van der Waals surface area contributed by atoms with E-state index in [0.717, 1.165) is 23.4 Å². The van der Waals surface area contributed by atoms with Crippen molar-refractivity contribution in [2.24, 2.45) is 0 Å². The van der Waals surface area contributed by atoms with Gasteiger partial charge in [-0.1, -0.05) is 5.16 Å². The van der Waals surface area contributed by atoms with E-state index in [0.29, 0.717) is 17.0 Å². The van der Waals surface area contributed by atoms with Gasteiger partial charge in [0.2, 0.25) is 11.8 Å². The van der Waals surface area contributed by atoms with Crippen molar-refractivity contribution in [2.45, 2.75) is 32.1 Å². The number of anilines is 1. The van der Waals surface area contributed by atoms with Crippen molar-refractivity contribution in [1.82, 2.24) is 9.88 Å². The standard InChI is InChI=1S/C19H19N3O5S/c1-11-8-16-17(21-27-18(16)9-12(11)2)10-19(24)20-14-4-6-15(7-5-14)28(25,26)22-13(3)23/h4-9H,10H2,1-3H3,(H,20,24)(H,22,23). The van der Waals surface area contributed by atoms with Gasteiger partial charge in [0.1, 0.15) is 5.69 Å². The molecule has 0 aliphatic rings. The molecule has 1 aromatic heterocycles. The molecule has 2 N–H and O–H groups in total. The van der Waals surface area contributed by atoms with Crippen LogP contribution >= 0.6 is 0 Å². The van der Waals surface area contributed by atoms with E-state index < -0.39 is 15.9 Å². The van der Waals surface area contributed by atoms with Gasteiger partial charge in [-0.3, -0.25) is 9.59 Å². The first-order valence-corrected chi connectivity index (χ1v) is 9.93. The average Bonchev–Trinajstić information content (AvgIpc) is 2.96. The lowest BCUT2D eigenvalue weighted by Gasteiger charge is -2.07. The number of amides is 2. The van der Waals surface area contributed by atoms with E-state index in [1.54, 1.807) is 0 Å². The lowest BCUT2D eigenvalue weighted by atomic mass is 10.1. The minimum Gasteiger partial charge on any atom is -0.356 e. The van der Waals surface area contributed by atoms with Crippen LogP contribution in [0.4, 0.5) is 5.69 Å². The molecule has 9 heteroatoms. The van der Waals surface area contributed by atoms with Gasteiger partial charge in [0.25, 0.3) is 10.0 Å². The number of rotatable bonds is 5. The van der Waals surface area contributed by atoms with Gasteiger partial charge in [-0.15, -0.1) is 0 Å². The van der Waals surface area contributed by atoms with Crippen molar-refractivity contribution in [1.29, 1.82) is 0 Å². The van der Waals surface area contributed by atoms with Crippen LogP contribution in [0.1, 0.15) is 23.7 Å². The first-order chi connectivity index (χ1) is 13.2. The van der Waals surface area contributed by atoms with Crippen LogP contribution < -0.4 is 10.0 Å². The van der Waals surface area contributed by atoms with Crippen LogP contribution in [0, 0.1) is 13.8 Å². The van der Waals surface area contributed by atoms with Gasteiger partial charge >= 0.3 is 0 Å². The average molecular weight is 401 g/mol. The highest BCUT2D eigenvalue weighted by molar-refractivity contribution is 7.90. The molecule has 0 unspecified atom stereocenters. The summed E-state index contributed by atoms with van der Waals surface area (Å²) in [5, 5.41) is 7.45. The Morgan fingerprint density at radius 2 is 1.71 bits per heavy atom. The van der Waals surface area contributed by atoms with Gasteiger partial charge in [0.05, 0.1) is 11.3 Å². The maximum absolute atomic E-state index is 12.3. The Morgan fingerprint density at radius 3 is 2.36 bits per heavy atom. The Morgan fingerprint density at radius 1 is 1.07 bits per heavy atom. The fourth-order valence-electron chi connectivity index (χ4n) is 2.69. The SMILES string of the molecule is CC(=O)NS(=O)(=O)c1ccc(NC(=O)Cc2noc3cc(C)c(C)cc23)cc1. The molecule has 0 aliphatic heterocycles. The topological polar surface area (TPSA) is 118 Å². The molecule has 0 bridgehead atoms. The summed E-state index contributed by atoms with van der Waals surface area (Å²) in [6, 6.07) is 9.32. The highest BCUT2D eigenvalue weighted by Gasteiger charge is 2.16. The van der Waals surface area contributed by atoms with Gasteiger partial charge in [0, 0.05) is 18.0 Å². The van der Waals surface area contributed by atoms with Gasteiger partial charge < -0.3 is 9.84 Å². The molecular weight excluding hydrogens is 382 g/mol. The summed E-state index contributed by atoms with van der Waals surface area (Å²) in [4.78, 5) is 23.2. The molecule has 0 atom stereocenters. The maximum Gasteiger partial charge on any atom is 0.264 e. The van der Waals surface area contributed by atoms with Gasteiger partial charge in [-0.25, -0.2) is 13.1 Å². The first kappa shape index (κ1) is 19.6. The van der Waals surface area contributed by atoms with Crippen LogP contribution in [0.3, 0.4) is 0 Å². The number of carbonyl (C=O) groups excluding carboxylic acids is 2. The van der Waals surface area contributed by atoms with E-state index in [1.807, 2.05) is 30.7 Å². The summed E-state index contributed by atoms with van der Waals surface area (Å²) in [6.45, 7) is 5.06. The summed E-state index contributed by atoms with van der Waals surface area (Å²) in [5.74, 6) is -0.992. The molecule has 0 saturated carbocycles. The molecule has 0 saturated heterocycles. The van der Waals surface area contributed by atoms with Crippen molar-refractivity contribution in [3.05, 3.63) is 53.2 Å². The Labute approximate surface area is 162 Å². The predicted octanol–water partition coefficient (Wildman–Crippen LogP) is 2.45. The number of aryl methyl sites for hydroxylation is 2. The Balaban J connectivity index is 1.72. The second-order valence-corrected chi connectivity index (χ2v) is 8.16. The third kappa shape index (κ3) is 4.20. The van der Waals surface area contributed by atoms with E-state index in [9.17, 15) is 18.0 Å². The van der Waals surface area contributed by atoms with E-state index >= 15 is 0 Å². The van der Waals surface area contributed by atoms with E-state index in [1.165, 1.54) is 24.3 Å². The molecule has 2 amide bonds. The molecule has 28 heavy (non-hydrogen) atoms. The summed E-state index contributed by atoms with van der Waals surface area (Å²) < 4.78 is 31.0. The number of sulfonamides is 1. The molecule has 146 valence electrons. The highest BCUT2D eigenvalue weighted by Crippen LogP contribution is 2.23. The fourth-order valence-corrected chi connectivity index (χ4v) is 3.69. The van der Waals surface area contributed by atoms with E-state index in [4.69, 9.17) is 4.52 Å². The minimum atomic E-state index is -3.91. The normalized spacial score (nSPS) is 11.4. The van der Waals surface area contributed by atoms with Crippen LogP contribution in [0.25, 0.3) is 11.0 Å². The van der Waals surface area contributed by atoms with Crippen LogP contribution in [0.5, 0.6) is 0 Å². The lowest BCUT2D eigenvalue weighted by Crippen LogP contribution is -2.28. The zero-order valence-electron chi connectivity index (χ0n) is 15.6. The van der Waals surface area contributed by atoms with Crippen LogP contribution in [-0.2, 0) is 26.0 Å². The third-order valence-corrected chi connectivity index (χ3v) is 5.66. The second kappa shape index (κ2) is 7.43. The maximum atomic E-state index is 12.3. The van der Waals surface area contributed by atoms with E-state index in [-0.39, 0.29) is 17.2 Å². The second-order valence-electron chi connectivity index (χ2n) is 6.47. The van der Waals surface area contributed by atoms with Crippen molar-refractivity contribution in [2.75, 3.05) is 5.32 Å². The number of nitrogens with one attached hydrogen (secondary N) is 2. The lowest BCUT2D eigenvalue weighted by molar-refractivity contribution is -0.117. The molecule has 1 heterocycles. The number of fused-ring (bicyclic) bond motifs is 1. The molecule has 0 aliphatic carbocycles. The highest BCUT2D eigenvalue weighted by atomic mass is 32.2. The Bertz CT molecular complexity index is 1160. The fraction of sp³-hybridized carbons (Fsp3) is 0.211. The zero-order chi connectivity index (χ0) is 20.5. The minimum absolute atomic E-state index is 0.0153. The van der Waals surface area contributed by atoms with E-state index in [2.05, 4.69) is 10.5 Å². The summed E-state index contributed by atoms with van der Waals surface area (Å²) in [7, 11) is -3.91. The number of hydrogen-bond acceptors (Lipinski definition) is 6. The molecule has 0 radical (unpaired) electrons. The third-order valence-electron chi connectivity index (χ3n) is 4.22. The summed E-state index contributed by atoms with van der Waals surface area (Å²) >= 11 is 0. The number of nitrogens with zero attached hydrogens (tertiary/aromatic N) is 1. The molecular formula is C19H19N3O5S. The van der Waals surface area contributed by atoms with Crippen molar-refractivity contribution < 1.29 is 22.5 Å². The van der Waals surface area contributed by atoms with Gasteiger partial charge in [-0.2, -0.15) is 0 Å². The molecule has 8 nitrogen and oxygen atoms in total. The van der Waals surface area contributed by atoms with Crippen molar-refractivity contribution in [3.8, 4) is 0 Å². The largest absolute Gasteiger partial charge is 0.356 e. The van der Waals surface area contributed by atoms with Crippen LogP contribution in [0.15, 0.2) is 45.8 Å². The number of benzene rings is 2. The smallest absolute Gasteiger partial charge is 0.264 e.